The van der Waals surface area contributed by atoms with Crippen LogP contribution in [0.25, 0.3) is 0 Å². The summed E-state index contributed by atoms with van der Waals surface area (Å²) in [6, 6.07) is 4.52. The van der Waals surface area contributed by atoms with Gasteiger partial charge < -0.3 is 31.1 Å². The van der Waals surface area contributed by atoms with Gasteiger partial charge in [-0.15, -0.1) is 0 Å². The van der Waals surface area contributed by atoms with Gasteiger partial charge >= 0.3 is 0 Å². The molecule has 0 spiro atoms. The van der Waals surface area contributed by atoms with E-state index in [1.165, 1.54) is 56.4 Å². The number of amides is 5. The highest BCUT2D eigenvalue weighted by Gasteiger charge is 2.22. The summed E-state index contributed by atoms with van der Waals surface area (Å²) in [6.07, 6.45) is 14.6. The van der Waals surface area contributed by atoms with E-state index in [1.54, 1.807) is 18.2 Å². The van der Waals surface area contributed by atoms with Gasteiger partial charge in [-0.3, -0.25) is 34.1 Å². The predicted molar refractivity (Wildman–Crippen MR) is 190 cm³/mol. The molecule has 1 heterocycles. The molecule has 0 aromatic heterocycles. The van der Waals surface area contributed by atoms with E-state index in [0.29, 0.717) is 11.9 Å². The number of aryl methyl sites for hydroxylation is 1. The highest BCUT2D eigenvalue weighted by atomic mass is 31.1. The Morgan fingerprint density at radius 2 is 1.57 bits per heavy atom. The lowest BCUT2D eigenvalue weighted by molar-refractivity contribution is -0.384. The maximum absolute atomic E-state index is 12.6. The quantitative estimate of drug-likeness (QED) is 0.0980. The van der Waals surface area contributed by atoms with Gasteiger partial charge in [0.1, 0.15) is 12.3 Å². The zero-order valence-electron chi connectivity index (χ0n) is 28.0. The maximum atomic E-state index is 12.6. The van der Waals surface area contributed by atoms with Crippen LogP contribution in [0.1, 0.15) is 51.0 Å². The van der Waals surface area contributed by atoms with E-state index in [9.17, 15) is 38.9 Å². The van der Waals surface area contributed by atoms with Gasteiger partial charge in [-0.1, -0.05) is 88.1 Å². The summed E-state index contributed by atoms with van der Waals surface area (Å²) in [4.78, 5) is 81.2. The molecule has 1 aliphatic heterocycles. The van der Waals surface area contributed by atoms with Crippen molar-refractivity contribution in [2.75, 3.05) is 19.3 Å². The average molecular weight is 699 g/mol. The number of nitro benzene ring substituents is 1. The molecule has 1 saturated carbocycles. The zero-order chi connectivity index (χ0) is 36.6. The molecule has 15 heteroatoms. The molecule has 5 N–H and O–H groups in total. The number of nitro groups is 1. The van der Waals surface area contributed by atoms with Crippen molar-refractivity contribution in [1.29, 1.82) is 0 Å². The van der Waals surface area contributed by atoms with Crippen molar-refractivity contribution < 1.29 is 33.7 Å². The summed E-state index contributed by atoms with van der Waals surface area (Å²) in [5.74, 6) is -2.14. The Bertz CT molecular complexity index is 1370. The molecule has 0 saturated heterocycles. The van der Waals surface area contributed by atoms with E-state index < -0.39 is 53.1 Å². The number of aldehydes is 1. The van der Waals surface area contributed by atoms with E-state index in [2.05, 4.69) is 46.4 Å². The van der Waals surface area contributed by atoms with Gasteiger partial charge in [0, 0.05) is 36.9 Å². The summed E-state index contributed by atoms with van der Waals surface area (Å²) < 4.78 is 0. The van der Waals surface area contributed by atoms with Crippen molar-refractivity contribution in [3.63, 3.8) is 0 Å². The SMILES string of the molecule is C=C/C=C(\C=C)C[C@@H]1NC(=O)CNC(=O)/C=C\C(=O)N[C@H](C=O)CPNC(=O)CNC1=O.CC1CCCCC1.Cc1ccc([N+](=O)[O-])cc1. The first-order valence-corrected chi connectivity index (χ1v) is 17.0. The third kappa shape index (κ3) is 19.4. The van der Waals surface area contributed by atoms with E-state index in [-0.39, 0.29) is 33.5 Å². The number of non-ortho nitro benzene ring substituents is 1. The van der Waals surface area contributed by atoms with Crippen LogP contribution in [-0.4, -0.2) is 72.1 Å². The number of hydrogen-bond acceptors (Lipinski definition) is 8. The molecule has 266 valence electrons. The van der Waals surface area contributed by atoms with E-state index in [0.717, 1.165) is 23.6 Å². The lowest BCUT2D eigenvalue weighted by Gasteiger charge is -2.19. The number of carbonyl (C=O) groups is 6. The predicted octanol–water partition coefficient (Wildman–Crippen LogP) is 2.85. The maximum Gasteiger partial charge on any atom is 0.269 e. The second kappa shape index (κ2) is 24.2. The summed E-state index contributed by atoms with van der Waals surface area (Å²) in [5.41, 5.74) is 1.79. The Balaban J connectivity index is 0.000000565. The van der Waals surface area contributed by atoms with Gasteiger partial charge in [-0.2, -0.15) is 0 Å². The number of carbonyl (C=O) groups excluding carboxylic acids is 6. The first kappa shape index (κ1) is 42.1. The van der Waals surface area contributed by atoms with Gasteiger partial charge in [0.25, 0.3) is 5.69 Å². The lowest BCUT2D eigenvalue weighted by Crippen LogP contribution is -2.51. The molecular weight excluding hydrogens is 651 g/mol. The molecule has 49 heavy (non-hydrogen) atoms. The number of allylic oxidation sites excluding steroid dienone is 3. The van der Waals surface area contributed by atoms with E-state index >= 15 is 0 Å². The Kier molecular flexibility index (Phi) is 20.8. The van der Waals surface area contributed by atoms with Gasteiger partial charge in [0.2, 0.25) is 29.5 Å². The zero-order valence-corrected chi connectivity index (χ0v) is 29.0. The summed E-state index contributed by atoms with van der Waals surface area (Å²) in [7, 11) is -0.205. The summed E-state index contributed by atoms with van der Waals surface area (Å²) in [5, 5.41) is 22.2. The lowest BCUT2D eigenvalue weighted by atomic mass is 9.91. The molecule has 3 atom stereocenters. The van der Waals surface area contributed by atoms with E-state index in [1.807, 2.05) is 6.92 Å². The molecule has 3 rings (SSSR count). The van der Waals surface area contributed by atoms with Crippen molar-refractivity contribution in [1.82, 2.24) is 26.4 Å². The second-order valence-corrected chi connectivity index (χ2v) is 12.3. The topological polar surface area (TPSA) is 206 Å². The van der Waals surface area contributed by atoms with Crippen LogP contribution in [0.15, 0.2) is 73.4 Å². The standard InChI is InChI=1S/C20H26N5O6P.C7H7NO2.C7H14/c1-3-5-13(4-2)8-15-20(31)22-10-19(30)25-32-12-14(11-26)23-17(28)7-6-16(27)21-9-18(29)24-15;1-6-2-4-7(5-3-6)8(9)10;1-7-5-3-2-4-6-7/h3-7,11,14-15,32H,1-2,8-10,12H2,(H,21,27)(H,22,31)(H,23,28)(H,24,29)(H,25,30);2-5H,1H3;7H,2-6H2,1H3/b7-6-,13-5+;;/t14-,15+;;/m1../s1. The fraction of sp³-hybridized carbons (Fsp3) is 0.412. The Morgan fingerprint density at radius 1 is 0.939 bits per heavy atom. The van der Waals surface area contributed by atoms with Crippen molar-refractivity contribution in [3.05, 3.63) is 89.1 Å². The van der Waals surface area contributed by atoms with Gasteiger partial charge in [-0.25, -0.2) is 0 Å². The third-order valence-electron chi connectivity index (χ3n) is 7.10. The van der Waals surface area contributed by atoms with Gasteiger partial charge in [0.15, 0.2) is 0 Å². The first-order valence-electron chi connectivity index (χ1n) is 15.8. The van der Waals surface area contributed by atoms with Crippen LogP contribution in [0, 0.1) is 23.0 Å². The number of nitrogens with one attached hydrogen (secondary N) is 5. The van der Waals surface area contributed by atoms with Crippen LogP contribution in [0.4, 0.5) is 5.69 Å². The van der Waals surface area contributed by atoms with E-state index in [4.69, 9.17) is 0 Å². The molecule has 1 unspecified atom stereocenters. The van der Waals surface area contributed by atoms with Crippen LogP contribution >= 0.6 is 8.73 Å². The van der Waals surface area contributed by atoms with Crippen molar-refractivity contribution >= 4 is 50.2 Å². The van der Waals surface area contributed by atoms with Crippen LogP contribution in [-0.2, 0) is 28.8 Å². The average Bonchev–Trinajstić information content (AvgIpc) is 3.08. The van der Waals surface area contributed by atoms with Crippen molar-refractivity contribution in [3.8, 4) is 0 Å². The second-order valence-electron chi connectivity index (χ2n) is 11.3. The molecule has 2 aliphatic rings. The molecular formula is C34H47N6O8P. The van der Waals surface area contributed by atoms with Gasteiger partial charge in [-0.05, 0) is 27.1 Å². The molecule has 5 amide bonds. The monoisotopic (exact) mass is 698 g/mol. The molecule has 0 bridgehead atoms. The number of rotatable bonds is 6. The van der Waals surface area contributed by atoms with Crippen LogP contribution < -0.4 is 26.4 Å². The first-order chi connectivity index (χ1) is 23.4. The molecule has 1 aromatic rings. The molecule has 1 fully saturated rings. The van der Waals surface area contributed by atoms with Gasteiger partial charge in [0.05, 0.1) is 24.1 Å². The van der Waals surface area contributed by atoms with Crippen LogP contribution in [0.2, 0.25) is 0 Å². The van der Waals surface area contributed by atoms with Crippen molar-refractivity contribution in [2.24, 2.45) is 5.92 Å². The highest BCUT2D eigenvalue weighted by molar-refractivity contribution is 7.36. The van der Waals surface area contributed by atoms with Crippen LogP contribution in [0.3, 0.4) is 0 Å². The van der Waals surface area contributed by atoms with Crippen molar-refractivity contribution in [2.45, 2.75) is 64.5 Å². The minimum absolute atomic E-state index is 0.0749. The highest BCUT2D eigenvalue weighted by Crippen LogP contribution is 2.22. The fourth-order valence-corrected chi connectivity index (χ4v) is 5.18. The third-order valence-corrected chi connectivity index (χ3v) is 8.20. The number of hydrogen-bond donors (Lipinski definition) is 5. The molecule has 0 radical (unpaired) electrons. The normalized spacial score (nSPS) is 21.1. The molecule has 1 aliphatic carbocycles. The number of nitrogens with zero attached hydrogens (tertiary/aromatic N) is 1. The Hall–Kier alpha value is -4.97. The smallest absolute Gasteiger partial charge is 0.269 e. The minimum atomic E-state index is -1.04. The minimum Gasteiger partial charge on any atom is -0.345 e. The van der Waals surface area contributed by atoms with Crippen LogP contribution in [0.5, 0.6) is 0 Å². The molecule has 14 nitrogen and oxygen atoms in total. The Labute approximate surface area is 288 Å². The molecule has 1 aromatic carbocycles. The summed E-state index contributed by atoms with van der Waals surface area (Å²) >= 11 is 0. The summed E-state index contributed by atoms with van der Waals surface area (Å²) in [6.45, 7) is 10.7. The number of benzene rings is 1. The fourth-order valence-electron chi connectivity index (χ4n) is 4.37. The largest absolute Gasteiger partial charge is 0.345 e. The Morgan fingerprint density at radius 3 is 2.12 bits per heavy atom.